The van der Waals surface area contributed by atoms with E-state index in [0.717, 1.165) is 18.6 Å². The summed E-state index contributed by atoms with van der Waals surface area (Å²) < 4.78 is 5.68. The molecule has 1 aliphatic heterocycles. The van der Waals surface area contributed by atoms with Crippen molar-refractivity contribution < 1.29 is 9.57 Å². The smallest absolute Gasteiger partial charge is 0.122 e. The first-order chi connectivity index (χ1) is 11.2. The Morgan fingerprint density at radius 1 is 1.17 bits per heavy atom. The molecule has 1 saturated carbocycles. The molecule has 4 unspecified atom stereocenters. The highest BCUT2D eigenvalue weighted by molar-refractivity contribution is 5.40. The molecule has 3 rings (SSSR count). The fraction of sp³-hybridized carbons (Fsp3) is 0.714. The third-order valence-corrected chi connectivity index (χ3v) is 6.23. The maximum atomic E-state index is 6.42. The Labute approximate surface area is 147 Å². The number of nitrogens with zero attached hydrogens (tertiary/aromatic N) is 1. The van der Waals surface area contributed by atoms with Crippen LogP contribution in [-0.4, -0.2) is 29.9 Å². The molecule has 1 heterocycles. The Balaban J connectivity index is 1.99. The average molecular weight is 332 g/mol. The van der Waals surface area contributed by atoms with Crippen molar-refractivity contribution in [3.63, 3.8) is 0 Å². The molecule has 0 bridgehead atoms. The highest BCUT2D eigenvalue weighted by atomic mass is 16.7. The van der Waals surface area contributed by atoms with Gasteiger partial charge in [0.05, 0.1) is 12.7 Å². The van der Waals surface area contributed by atoms with Crippen LogP contribution in [0.15, 0.2) is 24.3 Å². The summed E-state index contributed by atoms with van der Waals surface area (Å²) in [4.78, 5) is 6.42. The molecule has 0 aromatic heterocycles. The molecule has 134 valence electrons. The summed E-state index contributed by atoms with van der Waals surface area (Å²) in [7, 11) is 1.78. The van der Waals surface area contributed by atoms with Crippen molar-refractivity contribution in [2.75, 3.05) is 7.11 Å². The first-order valence-electron chi connectivity index (χ1n) is 9.30. The van der Waals surface area contributed by atoms with Crippen molar-refractivity contribution in [3.8, 4) is 5.75 Å². The molecule has 1 aliphatic carbocycles. The van der Waals surface area contributed by atoms with E-state index in [1.165, 1.54) is 5.56 Å². The van der Waals surface area contributed by atoms with Gasteiger partial charge in [-0.15, -0.1) is 0 Å². The molecule has 3 heteroatoms. The van der Waals surface area contributed by atoms with Gasteiger partial charge in [-0.1, -0.05) is 32.0 Å². The molecule has 4 atom stereocenters. The van der Waals surface area contributed by atoms with Gasteiger partial charge in [0.15, 0.2) is 0 Å². The Morgan fingerprint density at radius 3 is 2.46 bits per heavy atom. The van der Waals surface area contributed by atoms with E-state index in [1.54, 1.807) is 7.11 Å². The Morgan fingerprint density at radius 2 is 1.83 bits per heavy atom. The molecule has 0 N–H and O–H groups in total. The van der Waals surface area contributed by atoms with Gasteiger partial charge in [-0.3, -0.25) is 4.84 Å². The molecule has 3 nitrogen and oxygen atoms in total. The standard InChI is InChI=1S/C21H33NO2/c1-14(2)22-19-15(3)12-21(6,13-17(19)20(4,5)24-22)16-10-8-9-11-18(16)23-7/h8-11,14-15,17,19H,12-13H2,1-7H3. The van der Waals surface area contributed by atoms with Gasteiger partial charge in [0.1, 0.15) is 5.75 Å². The minimum Gasteiger partial charge on any atom is -0.496 e. The SMILES string of the molecule is COc1ccccc1C1(C)CC(C)C2C(C1)C(C)(C)ON2C(C)C. The minimum atomic E-state index is -0.118. The van der Waals surface area contributed by atoms with E-state index in [9.17, 15) is 0 Å². The number of hydrogen-bond acceptors (Lipinski definition) is 3. The van der Waals surface area contributed by atoms with Crippen LogP contribution in [0.3, 0.4) is 0 Å². The fourth-order valence-electron chi connectivity index (χ4n) is 5.22. The number of hydrogen-bond donors (Lipinski definition) is 0. The van der Waals surface area contributed by atoms with Gasteiger partial charge in [-0.2, -0.15) is 5.06 Å². The molecule has 1 aromatic rings. The van der Waals surface area contributed by atoms with Gasteiger partial charge in [-0.25, -0.2) is 0 Å². The minimum absolute atomic E-state index is 0.118. The van der Waals surface area contributed by atoms with Crippen LogP contribution in [0.5, 0.6) is 5.75 Å². The number of fused-ring (bicyclic) bond motifs is 1. The Kier molecular flexibility index (Phi) is 4.46. The van der Waals surface area contributed by atoms with Gasteiger partial charge in [0, 0.05) is 23.6 Å². The zero-order valence-corrected chi connectivity index (χ0v) is 16.3. The summed E-state index contributed by atoms with van der Waals surface area (Å²) in [6.45, 7) is 13.8. The number of rotatable bonds is 3. The number of para-hydroxylation sites is 1. The molecule has 0 amide bonds. The van der Waals surface area contributed by atoms with Crippen LogP contribution in [-0.2, 0) is 10.3 Å². The lowest BCUT2D eigenvalue weighted by Crippen LogP contribution is -2.50. The number of methoxy groups -OCH3 is 1. The summed E-state index contributed by atoms with van der Waals surface area (Å²) in [6, 6.07) is 9.45. The van der Waals surface area contributed by atoms with E-state index in [0.29, 0.717) is 23.9 Å². The Hall–Kier alpha value is -1.06. The molecule has 0 spiro atoms. The molecule has 2 fully saturated rings. The van der Waals surface area contributed by atoms with Gasteiger partial charge in [0.25, 0.3) is 0 Å². The van der Waals surface area contributed by atoms with Crippen molar-refractivity contribution >= 4 is 0 Å². The lowest BCUT2D eigenvalue weighted by molar-refractivity contribution is -0.215. The van der Waals surface area contributed by atoms with Gasteiger partial charge < -0.3 is 4.74 Å². The number of hydroxylamine groups is 2. The van der Waals surface area contributed by atoms with E-state index in [4.69, 9.17) is 9.57 Å². The second-order valence-corrected chi connectivity index (χ2v) is 8.89. The van der Waals surface area contributed by atoms with Crippen molar-refractivity contribution in [1.82, 2.24) is 5.06 Å². The fourth-order valence-corrected chi connectivity index (χ4v) is 5.22. The largest absolute Gasteiger partial charge is 0.496 e. The van der Waals surface area contributed by atoms with Crippen molar-refractivity contribution in [3.05, 3.63) is 29.8 Å². The Bertz CT molecular complexity index is 597. The molecule has 1 aromatic carbocycles. The van der Waals surface area contributed by atoms with Crippen molar-refractivity contribution in [1.29, 1.82) is 0 Å². The second-order valence-electron chi connectivity index (χ2n) is 8.89. The van der Waals surface area contributed by atoms with Crippen LogP contribution in [0.4, 0.5) is 0 Å². The van der Waals surface area contributed by atoms with E-state index in [1.807, 2.05) is 0 Å². The van der Waals surface area contributed by atoms with E-state index >= 15 is 0 Å². The average Bonchev–Trinajstić information content (AvgIpc) is 2.79. The van der Waals surface area contributed by atoms with E-state index in [-0.39, 0.29) is 11.0 Å². The van der Waals surface area contributed by atoms with Crippen LogP contribution in [0.1, 0.15) is 59.9 Å². The highest BCUT2D eigenvalue weighted by Crippen LogP contribution is 2.55. The third kappa shape index (κ3) is 2.76. The van der Waals surface area contributed by atoms with Crippen LogP contribution in [0, 0.1) is 11.8 Å². The summed E-state index contributed by atoms with van der Waals surface area (Å²) in [5, 5.41) is 2.27. The summed E-state index contributed by atoms with van der Waals surface area (Å²) in [5.74, 6) is 2.13. The quantitative estimate of drug-likeness (QED) is 0.794. The maximum Gasteiger partial charge on any atom is 0.122 e. The predicted molar refractivity (Wildman–Crippen MR) is 98.2 cm³/mol. The zero-order chi connectivity index (χ0) is 17.7. The molecular weight excluding hydrogens is 298 g/mol. The topological polar surface area (TPSA) is 21.7 Å². The predicted octanol–water partition coefficient (Wildman–Crippen LogP) is 4.80. The lowest BCUT2D eigenvalue weighted by Gasteiger charge is -2.47. The molecule has 24 heavy (non-hydrogen) atoms. The summed E-state index contributed by atoms with van der Waals surface area (Å²) >= 11 is 0. The van der Waals surface area contributed by atoms with Crippen LogP contribution >= 0.6 is 0 Å². The summed E-state index contributed by atoms with van der Waals surface area (Å²) in [6.07, 6.45) is 2.30. The van der Waals surface area contributed by atoms with E-state index in [2.05, 4.69) is 70.9 Å². The number of ether oxygens (including phenoxy) is 1. The monoisotopic (exact) mass is 331 g/mol. The molecular formula is C21H33NO2. The van der Waals surface area contributed by atoms with Gasteiger partial charge in [-0.05, 0) is 57.9 Å². The molecule has 0 radical (unpaired) electrons. The normalized spacial score (nSPS) is 35.9. The zero-order valence-electron chi connectivity index (χ0n) is 16.3. The maximum absolute atomic E-state index is 6.42. The van der Waals surface area contributed by atoms with Gasteiger partial charge >= 0.3 is 0 Å². The van der Waals surface area contributed by atoms with Crippen molar-refractivity contribution in [2.45, 2.75) is 77.5 Å². The van der Waals surface area contributed by atoms with Crippen LogP contribution < -0.4 is 4.74 Å². The van der Waals surface area contributed by atoms with Gasteiger partial charge in [0.2, 0.25) is 0 Å². The summed E-state index contributed by atoms with van der Waals surface area (Å²) in [5.41, 5.74) is 1.35. The third-order valence-electron chi connectivity index (χ3n) is 6.23. The van der Waals surface area contributed by atoms with Crippen LogP contribution in [0.2, 0.25) is 0 Å². The lowest BCUT2D eigenvalue weighted by atomic mass is 9.59. The molecule has 2 aliphatic rings. The van der Waals surface area contributed by atoms with Crippen molar-refractivity contribution in [2.24, 2.45) is 11.8 Å². The molecule has 1 saturated heterocycles. The first kappa shape index (κ1) is 17.8. The first-order valence-corrected chi connectivity index (χ1v) is 9.30. The number of benzene rings is 1. The van der Waals surface area contributed by atoms with Crippen LogP contribution in [0.25, 0.3) is 0 Å². The second kappa shape index (κ2) is 6.03. The highest BCUT2D eigenvalue weighted by Gasteiger charge is 2.57. The van der Waals surface area contributed by atoms with E-state index < -0.39 is 0 Å².